The van der Waals surface area contributed by atoms with Crippen LogP contribution in [0.15, 0.2) is 24.3 Å². The summed E-state index contributed by atoms with van der Waals surface area (Å²) in [7, 11) is 6.35. The van der Waals surface area contributed by atoms with E-state index in [2.05, 4.69) is 50.3 Å². The number of halogens is 1. The number of nitrogens with zero attached hydrogens (tertiary/aromatic N) is 1. The van der Waals surface area contributed by atoms with Gasteiger partial charge in [-0.15, -0.1) is 0 Å². The molecule has 0 saturated carbocycles. The van der Waals surface area contributed by atoms with Crippen molar-refractivity contribution in [3.8, 4) is 0 Å². The SMILES string of the molecule is CCC(CC)(C(NC)c1ccc(Cl)cc1)N(C)C. The van der Waals surface area contributed by atoms with Crippen molar-refractivity contribution in [3.05, 3.63) is 34.9 Å². The minimum atomic E-state index is 0.128. The maximum atomic E-state index is 5.97. The van der Waals surface area contributed by atoms with E-state index < -0.39 is 0 Å². The molecule has 0 spiro atoms. The van der Waals surface area contributed by atoms with Gasteiger partial charge in [-0.2, -0.15) is 0 Å². The summed E-state index contributed by atoms with van der Waals surface area (Å²) < 4.78 is 0. The van der Waals surface area contributed by atoms with E-state index in [1.807, 2.05) is 19.2 Å². The fraction of sp³-hybridized carbons (Fsp3) is 0.600. The van der Waals surface area contributed by atoms with Crippen molar-refractivity contribution < 1.29 is 0 Å². The highest BCUT2D eigenvalue weighted by Gasteiger charge is 2.37. The summed E-state index contributed by atoms with van der Waals surface area (Å²) in [5.74, 6) is 0. The van der Waals surface area contributed by atoms with Gasteiger partial charge in [0.1, 0.15) is 0 Å². The Labute approximate surface area is 116 Å². The Balaban J connectivity index is 3.17. The van der Waals surface area contributed by atoms with Crippen LogP contribution in [0.2, 0.25) is 5.02 Å². The van der Waals surface area contributed by atoms with Gasteiger partial charge in [-0.3, -0.25) is 0 Å². The second kappa shape index (κ2) is 6.55. The molecule has 0 bridgehead atoms. The number of rotatable bonds is 6. The van der Waals surface area contributed by atoms with E-state index in [4.69, 9.17) is 11.6 Å². The highest BCUT2D eigenvalue weighted by Crippen LogP contribution is 2.36. The van der Waals surface area contributed by atoms with Gasteiger partial charge in [0.05, 0.1) is 6.04 Å². The average molecular weight is 269 g/mol. The van der Waals surface area contributed by atoms with Crippen molar-refractivity contribution in [2.75, 3.05) is 21.1 Å². The first-order valence-corrected chi connectivity index (χ1v) is 6.99. The molecule has 1 aromatic carbocycles. The molecule has 0 amide bonds. The molecular weight excluding hydrogens is 244 g/mol. The summed E-state index contributed by atoms with van der Waals surface area (Å²) in [6.07, 6.45) is 2.20. The number of hydrogen-bond donors (Lipinski definition) is 1. The molecule has 1 unspecified atom stereocenters. The summed E-state index contributed by atoms with van der Waals surface area (Å²) in [4.78, 5) is 2.34. The molecule has 102 valence electrons. The van der Waals surface area contributed by atoms with Gasteiger partial charge in [0.2, 0.25) is 0 Å². The fourth-order valence-corrected chi connectivity index (χ4v) is 3.08. The predicted molar refractivity (Wildman–Crippen MR) is 80.3 cm³/mol. The van der Waals surface area contributed by atoms with Crippen LogP contribution in [0.3, 0.4) is 0 Å². The van der Waals surface area contributed by atoms with Crippen LogP contribution in [0, 0.1) is 0 Å². The average Bonchev–Trinajstić information content (AvgIpc) is 2.37. The Morgan fingerprint density at radius 3 is 2.00 bits per heavy atom. The van der Waals surface area contributed by atoms with Crippen molar-refractivity contribution in [2.24, 2.45) is 0 Å². The summed E-state index contributed by atoms with van der Waals surface area (Å²) in [5.41, 5.74) is 1.42. The standard InChI is InChI=1S/C15H25ClN2/c1-6-15(7-2,18(4)5)14(17-3)12-8-10-13(16)11-9-12/h8-11,14,17H,6-7H2,1-5H3. The van der Waals surface area contributed by atoms with Crippen molar-refractivity contribution in [2.45, 2.75) is 38.3 Å². The van der Waals surface area contributed by atoms with E-state index in [1.54, 1.807) is 0 Å². The topological polar surface area (TPSA) is 15.3 Å². The Morgan fingerprint density at radius 2 is 1.67 bits per heavy atom. The van der Waals surface area contributed by atoms with Crippen LogP contribution in [-0.2, 0) is 0 Å². The smallest absolute Gasteiger partial charge is 0.0504 e. The molecule has 0 heterocycles. The van der Waals surface area contributed by atoms with Crippen molar-refractivity contribution >= 4 is 11.6 Å². The van der Waals surface area contributed by atoms with E-state index in [-0.39, 0.29) is 5.54 Å². The molecule has 0 aliphatic carbocycles. The van der Waals surface area contributed by atoms with Gasteiger partial charge in [0.15, 0.2) is 0 Å². The maximum absolute atomic E-state index is 5.97. The van der Waals surface area contributed by atoms with Gasteiger partial charge >= 0.3 is 0 Å². The summed E-state index contributed by atoms with van der Waals surface area (Å²) in [6.45, 7) is 4.51. The first-order chi connectivity index (χ1) is 8.51. The van der Waals surface area contributed by atoms with Crippen molar-refractivity contribution in [3.63, 3.8) is 0 Å². The summed E-state index contributed by atoms with van der Waals surface area (Å²) in [5, 5.41) is 4.27. The normalized spacial score (nSPS) is 13.9. The summed E-state index contributed by atoms with van der Waals surface area (Å²) >= 11 is 5.97. The number of likely N-dealkylation sites (N-methyl/N-ethyl adjacent to an activating group) is 2. The molecule has 0 fully saturated rings. The van der Waals surface area contributed by atoms with E-state index in [0.29, 0.717) is 6.04 Å². The molecule has 3 heteroatoms. The van der Waals surface area contributed by atoms with Crippen LogP contribution >= 0.6 is 11.6 Å². The maximum Gasteiger partial charge on any atom is 0.0504 e. The van der Waals surface area contributed by atoms with Crippen LogP contribution < -0.4 is 5.32 Å². The quantitative estimate of drug-likeness (QED) is 0.846. The highest BCUT2D eigenvalue weighted by molar-refractivity contribution is 6.30. The minimum Gasteiger partial charge on any atom is -0.311 e. The third kappa shape index (κ3) is 2.87. The molecule has 1 aromatic rings. The van der Waals surface area contributed by atoms with Gasteiger partial charge in [0, 0.05) is 10.6 Å². The lowest BCUT2D eigenvalue weighted by Crippen LogP contribution is -2.52. The second-order valence-electron chi connectivity index (χ2n) is 4.98. The Morgan fingerprint density at radius 1 is 1.17 bits per heavy atom. The van der Waals surface area contributed by atoms with E-state index >= 15 is 0 Å². The Hall–Kier alpha value is -0.570. The number of benzene rings is 1. The minimum absolute atomic E-state index is 0.128. The zero-order chi connectivity index (χ0) is 13.8. The third-order valence-electron chi connectivity index (χ3n) is 4.14. The lowest BCUT2D eigenvalue weighted by molar-refractivity contribution is 0.0918. The van der Waals surface area contributed by atoms with Gasteiger partial charge in [0.25, 0.3) is 0 Å². The van der Waals surface area contributed by atoms with Crippen molar-refractivity contribution in [1.29, 1.82) is 0 Å². The van der Waals surface area contributed by atoms with Crippen LogP contribution in [-0.4, -0.2) is 31.6 Å². The first-order valence-electron chi connectivity index (χ1n) is 6.62. The van der Waals surface area contributed by atoms with Crippen molar-refractivity contribution in [1.82, 2.24) is 10.2 Å². The fourth-order valence-electron chi connectivity index (χ4n) is 2.95. The number of hydrogen-bond acceptors (Lipinski definition) is 2. The molecule has 0 radical (unpaired) electrons. The molecule has 0 aliphatic heterocycles. The molecular formula is C15H25ClN2. The molecule has 0 aromatic heterocycles. The van der Waals surface area contributed by atoms with Crippen LogP contribution in [0.1, 0.15) is 38.3 Å². The van der Waals surface area contributed by atoms with Gasteiger partial charge in [-0.25, -0.2) is 0 Å². The van der Waals surface area contributed by atoms with Crippen LogP contribution in [0.25, 0.3) is 0 Å². The molecule has 0 aliphatic rings. The van der Waals surface area contributed by atoms with E-state index in [0.717, 1.165) is 17.9 Å². The van der Waals surface area contributed by atoms with E-state index in [9.17, 15) is 0 Å². The Bertz CT molecular complexity index is 355. The molecule has 18 heavy (non-hydrogen) atoms. The van der Waals surface area contributed by atoms with Gasteiger partial charge in [-0.05, 0) is 51.7 Å². The molecule has 1 rings (SSSR count). The predicted octanol–water partition coefficient (Wildman–Crippen LogP) is 3.72. The monoisotopic (exact) mass is 268 g/mol. The van der Waals surface area contributed by atoms with Gasteiger partial charge in [-0.1, -0.05) is 37.6 Å². The highest BCUT2D eigenvalue weighted by atomic mass is 35.5. The summed E-state index contributed by atoms with van der Waals surface area (Å²) in [6, 6.07) is 8.47. The lowest BCUT2D eigenvalue weighted by Gasteiger charge is -2.45. The van der Waals surface area contributed by atoms with Crippen LogP contribution in [0.5, 0.6) is 0 Å². The van der Waals surface area contributed by atoms with Gasteiger partial charge < -0.3 is 10.2 Å². The molecule has 0 saturated heterocycles. The largest absolute Gasteiger partial charge is 0.311 e. The Kier molecular flexibility index (Phi) is 5.64. The molecule has 2 nitrogen and oxygen atoms in total. The molecule has 1 N–H and O–H groups in total. The van der Waals surface area contributed by atoms with Crippen LogP contribution in [0.4, 0.5) is 0 Å². The zero-order valence-electron chi connectivity index (χ0n) is 12.1. The third-order valence-corrected chi connectivity index (χ3v) is 4.40. The van der Waals surface area contributed by atoms with E-state index in [1.165, 1.54) is 5.56 Å². The second-order valence-corrected chi connectivity index (χ2v) is 5.41. The molecule has 1 atom stereocenters. The lowest BCUT2D eigenvalue weighted by atomic mass is 9.79. The first kappa shape index (κ1) is 15.5. The zero-order valence-corrected chi connectivity index (χ0v) is 12.9. The number of nitrogens with one attached hydrogen (secondary N) is 1.